The van der Waals surface area contributed by atoms with Crippen molar-refractivity contribution in [2.75, 3.05) is 6.61 Å². The van der Waals surface area contributed by atoms with Crippen LogP contribution in [-0.4, -0.2) is 16.8 Å². The molecular weight excluding hydrogens is 288 g/mol. The van der Waals surface area contributed by atoms with Crippen LogP contribution in [0.4, 0.5) is 0 Å². The van der Waals surface area contributed by atoms with Crippen molar-refractivity contribution in [3.63, 3.8) is 0 Å². The fourth-order valence-corrected chi connectivity index (χ4v) is 3.09. The van der Waals surface area contributed by atoms with Gasteiger partial charge in [0.1, 0.15) is 17.6 Å². The summed E-state index contributed by atoms with van der Waals surface area (Å²) >= 11 is 0. The molecule has 0 saturated carbocycles. The maximum atomic E-state index is 6.30. The number of benzene rings is 2. The Labute approximate surface area is 135 Å². The van der Waals surface area contributed by atoms with Crippen LogP contribution in [0, 0.1) is 5.92 Å². The third-order valence-corrected chi connectivity index (χ3v) is 4.33. The van der Waals surface area contributed by atoms with Crippen LogP contribution in [0.1, 0.15) is 31.1 Å². The van der Waals surface area contributed by atoms with Gasteiger partial charge in [-0.25, -0.2) is 0 Å². The zero-order chi connectivity index (χ0) is 15.8. The summed E-state index contributed by atoms with van der Waals surface area (Å²) in [4.78, 5) is 0. The van der Waals surface area contributed by atoms with Crippen LogP contribution in [0.2, 0.25) is 0 Å². The summed E-state index contributed by atoms with van der Waals surface area (Å²) in [6.07, 6.45) is 2.81. The van der Waals surface area contributed by atoms with Gasteiger partial charge in [-0.05, 0) is 29.2 Å². The third kappa shape index (κ3) is 2.65. The normalized spacial score (nSPS) is 14.7. The number of H-pyrrole nitrogens is 1. The average molecular weight is 308 g/mol. The SMILES string of the molecule is CC(C)C(Oc1ccc2c(c1)OCC2)c1ccc2cn[nH]c2c1. The quantitative estimate of drug-likeness (QED) is 0.783. The van der Waals surface area contributed by atoms with E-state index in [9.17, 15) is 0 Å². The molecule has 1 N–H and O–H groups in total. The second-order valence-corrected chi connectivity index (χ2v) is 6.37. The summed E-state index contributed by atoms with van der Waals surface area (Å²) < 4.78 is 11.9. The first kappa shape index (κ1) is 14.1. The van der Waals surface area contributed by atoms with Gasteiger partial charge >= 0.3 is 0 Å². The van der Waals surface area contributed by atoms with E-state index >= 15 is 0 Å². The van der Waals surface area contributed by atoms with Crippen molar-refractivity contribution in [1.82, 2.24) is 10.2 Å². The summed E-state index contributed by atoms with van der Waals surface area (Å²) in [5.74, 6) is 2.16. The molecule has 0 amide bonds. The summed E-state index contributed by atoms with van der Waals surface area (Å²) in [5.41, 5.74) is 3.45. The second kappa shape index (κ2) is 5.61. The number of fused-ring (bicyclic) bond motifs is 2. The molecule has 0 bridgehead atoms. The molecule has 1 unspecified atom stereocenters. The van der Waals surface area contributed by atoms with Crippen LogP contribution < -0.4 is 9.47 Å². The molecule has 2 aromatic carbocycles. The van der Waals surface area contributed by atoms with E-state index in [0.29, 0.717) is 5.92 Å². The number of nitrogens with zero attached hydrogens (tertiary/aromatic N) is 1. The lowest BCUT2D eigenvalue weighted by atomic mass is 9.98. The molecule has 0 aliphatic carbocycles. The summed E-state index contributed by atoms with van der Waals surface area (Å²) in [5, 5.41) is 8.23. The lowest BCUT2D eigenvalue weighted by Crippen LogP contribution is -2.14. The van der Waals surface area contributed by atoms with Crippen LogP contribution in [0.15, 0.2) is 42.6 Å². The molecule has 1 aliphatic heterocycles. The molecule has 2 heterocycles. The first-order chi connectivity index (χ1) is 11.2. The highest BCUT2D eigenvalue weighted by Crippen LogP contribution is 2.34. The van der Waals surface area contributed by atoms with E-state index in [-0.39, 0.29) is 6.10 Å². The molecule has 0 radical (unpaired) electrons. The smallest absolute Gasteiger partial charge is 0.126 e. The van der Waals surface area contributed by atoms with Gasteiger partial charge in [0, 0.05) is 17.9 Å². The molecule has 3 aromatic rings. The Bertz CT molecular complexity index is 838. The van der Waals surface area contributed by atoms with Gasteiger partial charge in [-0.3, -0.25) is 5.10 Å². The lowest BCUT2D eigenvalue weighted by Gasteiger charge is -2.23. The van der Waals surface area contributed by atoms with Crippen LogP contribution in [0.5, 0.6) is 11.5 Å². The van der Waals surface area contributed by atoms with Crippen molar-refractivity contribution in [3.05, 3.63) is 53.7 Å². The second-order valence-electron chi connectivity index (χ2n) is 6.37. The Kier molecular flexibility index (Phi) is 3.45. The largest absolute Gasteiger partial charge is 0.493 e. The van der Waals surface area contributed by atoms with Crippen molar-refractivity contribution in [1.29, 1.82) is 0 Å². The highest BCUT2D eigenvalue weighted by Gasteiger charge is 2.20. The average Bonchev–Trinajstić information content (AvgIpc) is 3.19. The Morgan fingerprint density at radius 3 is 2.96 bits per heavy atom. The number of nitrogens with one attached hydrogen (secondary N) is 1. The van der Waals surface area contributed by atoms with Crippen molar-refractivity contribution in [2.45, 2.75) is 26.4 Å². The summed E-state index contributed by atoms with van der Waals surface area (Å²) in [6, 6.07) is 12.5. The monoisotopic (exact) mass is 308 g/mol. The zero-order valence-electron chi connectivity index (χ0n) is 13.4. The van der Waals surface area contributed by atoms with Gasteiger partial charge in [0.25, 0.3) is 0 Å². The van der Waals surface area contributed by atoms with E-state index < -0.39 is 0 Å². The van der Waals surface area contributed by atoms with Crippen molar-refractivity contribution >= 4 is 10.9 Å². The predicted molar refractivity (Wildman–Crippen MR) is 89.9 cm³/mol. The molecule has 23 heavy (non-hydrogen) atoms. The molecule has 4 nitrogen and oxygen atoms in total. The molecule has 0 fully saturated rings. The van der Waals surface area contributed by atoms with E-state index in [1.165, 1.54) is 5.56 Å². The Morgan fingerprint density at radius 2 is 2.09 bits per heavy atom. The first-order valence-electron chi connectivity index (χ1n) is 8.06. The maximum Gasteiger partial charge on any atom is 0.126 e. The molecular formula is C19H20N2O2. The Morgan fingerprint density at radius 1 is 1.17 bits per heavy atom. The van der Waals surface area contributed by atoms with Crippen LogP contribution in [0.25, 0.3) is 10.9 Å². The van der Waals surface area contributed by atoms with Crippen molar-refractivity contribution < 1.29 is 9.47 Å². The van der Waals surface area contributed by atoms with Gasteiger partial charge in [0.05, 0.1) is 18.3 Å². The minimum Gasteiger partial charge on any atom is -0.493 e. The van der Waals surface area contributed by atoms with Crippen LogP contribution >= 0.6 is 0 Å². The number of rotatable bonds is 4. The van der Waals surface area contributed by atoms with Gasteiger partial charge in [-0.2, -0.15) is 5.10 Å². The highest BCUT2D eigenvalue weighted by molar-refractivity contribution is 5.78. The molecule has 1 aromatic heterocycles. The van der Waals surface area contributed by atoms with E-state index in [1.807, 2.05) is 18.3 Å². The standard InChI is InChI=1S/C19H20N2O2/c1-12(2)19(14-3-4-15-11-20-21-17(15)9-14)23-16-6-5-13-7-8-22-18(13)10-16/h3-6,9-12,19H,7-8H2,1-2H3,(H,20,21). The van der Waals surface area contributed by atoms with Gasteiger partial charge < -0.3 is 9.47 Å². The molecule has 4 heteroatoms. The van der Waals surface area contributed by atoms with Gasteiger partial charge in [0.2, 0.25) is 0 Å². The topological polar surface area (TPSA) is 47.1 Å². The number of hydrogen-bond donors (Lipinski definition) is 1. The fourth-order valence-electron chi connectivity index (χ4n) is 3.09. The van der Waals surface area contributed by atoms with E-state index in [4.69, 9.17) is 9.47 Å². The minimum absolute atomic E-state index is 0.0119. The molecule has 1 atom stereocenters. The molecule has 0 saturated heterocycles. The Hall–Kier alpha value is -2.49. The van der Waals surface area contributed by atoms with E-state index in [0.717, 1.165) is 41.0 Å². The molecule has 0 spiro atoms. The van der Waals surface area contributed by atoms with Crippen molar-refractivity contribution in [3.8, 4) is 11.5 Å². The van der Waals surface area contributed by atoms with Gasteiger partial charge in [-0.1, -0.05) is 32.0 Å². The number of aromatic nitrogens is 2. The predicted octanol–water partition coefficient (Wildman–Crippen LogP) is 4.27. The number of aromatic amines is 1. The van der Waals surface area contributed by atoms with Crippen LogP contribution in [0.3, 0.4) is 0 Å². The van der Waals surface area contributed by atoms with Gasteiger partial charge in [-0.15, -0.1) is 0 Å². The molecule has 1 aliphatic rings. The summed E-state index contributed by atoms with van der Waals surface area (Å²) in [7, 11) is 0. The van der Waals surface area contributed by atoms with Crippen molar-refractivity contribution in [2.24, 2.45) is 5.92 Å². The summed E-state index contributed by atoms with van der Waals surface area (Å²) in [6.45, 7) is 5.11. The highest BCUT2D eigenvalue weighted by atomic mass is 16.5. The molecule has 4 rings (SSSR count). The fraction of sp³-hybridized carbons (Fsp3) is 0.316. The van der Waals surface area contributed by atoms with Gasteiger partial charge in [0.15, 0.2) is 0 Å². The van der Waals surface area contributed by atoms with E-state index in [2.05, 4.69) is 48.3 Å². The number of ether oxygens (including phenoxy) is 2. The number of hydrogen-bond acceptors (Lipinski definition) is 3. The first-order valence-corrected chi connectivity index (χ1v) is 8.06. The lowest BCUT2D eigenvalue weighted by molar-refractivity contribution is 0.153. The Balaban J connectivity index is 1.65. The minimum atomic E-state index is -0.0119. The zero-order valence-corrected chi connectivity index (χ0v) is 13.4. The van der Waals surface area contributed by atoms with Crippen LogP contribution in [-0.2, 0) is 6.42 Å². The van der Waals surface area contributed by atoms with E-state index in [1.54, 1.807) is 0 Å². The maximum absolute atomic E-state index is 6.30. The molecule has 118 valence electrons. The third-order valence-electron chi connectivity index (χ3n) is 4.33.